The Morgan fingerprint density at radius 3 is 2.84 bits per heavy atom. The molecule has 1 aliphatic heterocycles. The van der Waals surface area contributed by atoms with Crippen LogP contribution in [0.5, 0.6) is 11.5 Å². The van der Waals surface area contributed by atoms with Crippen LogP contribution in [0.1, 0.15) is 22.3 Å². The Morgan fingerprint density at radius 1 is 1.32 bits per heavy atom. The molecule has 0 amide bonds. The first kappa shape index (κ1) is 12.4. The van der Waals surface area contributed by atoms with Crippen molar-refractivity contribution < 1.29 is 9.47 Å². The van der Waals surface area contributed by atoms with Gasteiger partial charge in [0, 0.05) is 23.5 Å². The van der Waals surface area contributed by atoms with Crippen LogP contribution in [0.25, 0.3) is 0 Å². The van der Waals surface area contributed by atoms with Gasteiger partial charge in [-0.2, -0.15) is 0 Å². The van der Waals surface area contributed by atoms with Crippen molar-refractivity contribution in [2.24, 2.45) is 5.73 Å². The van der Waals surface area contributed by atoms with E-state index in [-0.39, 0.29) is 6.04 Å². The SMILES string of the molecule is Cc1csc(CC(N)c2ccc3c(c2)OCCO3)n1. The maximum absolute atomic E-state index is 6.24. The first-order valence-corrected chi connectivity index (χ1v) is 7.16. The zero-order chi connectivity index (χ0) is 13.2. The highest BCUT2D eigenvalue weighted by Gasteiger charge is 2.15. The summed E-state index contributed by atoms with van der Waals surface area (Å²) in [6, 6.07) is 5.83. The number of benzene rings is 1. The molecule has 2 heterocycles. The Hall–Kier alpha value is -1.59. The summed E-state index contributed by atoms with van der Waals surface area (Å²) in [6.07, 6.45) is 0.748. The van der Waals surface area contributed by atoms with Crippen molar-refractivity contribution in [3.63, 3.8) is 0 Å². The van der Waals surface area contributed by atoms with Crippen molar-refractivity contribution in [1.29, 1.82) is 0 Å². The first-order chi connectivity index (χ1) is 9.22. The van der Waals surface area contributed by atoms with Gasteiger partial charge in [0.2, 0.25) is 0 Å². The molecule has 4 nitrogen and oxygen atoms in total. The fourth-order valence-corrected chi connectivity index (χ4v) is 2.92. The van der Waals surface area contributed by atoms with Crippen molar-refractivity contribution >= 4 is 11.3 Å². The molecule has 3 rings (SSSR count). The highest BCUT2D eigenvalue weighted by molar-refractivity contribution is 7.09. The Labute approximate surface area is 116 Å². The maximum Gasteiger partial charge on any atom is 0.161 e. The predicted molar refractivity (Wildman–Crippen MR) is 74.9 cm³/mol. The van der Waals surface area contributed by atoms with Gasteiger partial charge in [-0.15, -0.1) is 11.3 Å². The second kappa shape index (κ2) is 5.19. The third-order valence-electron chi connectivity index (χ3n) is 3.06. The minimum atomic E-state index is -0.0682. The molecule has 0 spiro atoms. The van der Waals surface area contributed by atoms with Crippen LogP contribution >= 0.6 is 11.3 Å². The van der Waals surface area contributed by atoms with Crippen LogP contribution in [0.2, 0.25) is 0 Å². The molecule has 1 aliphatic rings. The number of fused-ring (bicyclic) bond motifs is 1. The average Bonchev–Trinajstić information content (AvgIpc) is 2.83. The fraction of sp³-hybridized carbons (Fsp3) is 0.357. The predicted octanol–water partition coefficient (Wildman–Crippen LogP) is 2.47. The number of nitrogens with zero attached hydrogens (tertiary/aromatic N) is 1. The maximum atomic E-state index is 6.24. The number of hydrogen-bond donors (Lipinski definition) is 1. The minimum absolute atomic E-state index is 0.0682. The van der Waals surface area contributed by atoms with E-state index in [0.29, 0.717) is 13.2 Å². The van der Waals surface area contributed by atoms with Gasteiger partial charge in [0.1, 0.15) is 13.2 Å². The Bertz CT molecular complexity index is 583. The third kappa shape index (κ3) is 2.72. The molecule has 1 aromatic carbocycles. The van der Waals surface area contributed by atoms with E-state index in [1.54, 1.807) is 11.3 Å². The smallest absolute Gasteiger partial charge is 0.161 e. The van der Waals surface area contributed by atoms with Crippen LogP contribution in [0.4, 0.5) is 0 Å². The van der Waals surface area contributed by atoms with Gasteiger partial charge in [0.15, 0.2) is 11.5 Å². The summed E-state index contributed by atoms with van der Waals surface area (Å²) in [5.74, 6) is 1.59. The lowest BCUT2D eigenvalue weighted by atomic mass is 10.0. The number of thiazole rings is 1. The van der Waals surface area contributed by atoms with Crippen LogP contribution in [-0.2, 0) is 6.42 Å². The Morgan fingerprint density at radius 2 is 2.11 bits per heavy atom. The second-order valence-electron chi connectivity index (χ2n) is 4.60. The van der Waals surface area contributed by atoms with E-state index >= 15 is 0 Å². The highest BCUT2D eigenvalue weighted by Crippen LogP contribution is 2.33. The molecule has 2 N–H and O–H groups in total. The van der Waals surface area contributed by atoms with Gasteiger partial charge >= 0.3 is 0 Å². The molecular weight excluding hydrogens is 260 g/mol. The molecule has 1 unspecified atom stereocenters. The van der Waals surface area contributed by atoms with Gasteiger partial charge in [-0.25, -0.2) is 4.98 Å². The summed E-state index contributed by atoms with van der Waals surface area (Å²) in [4.78, 5) is 4.45. The number of nitrogens with two attached hydrogens (primary N) is 1. The van der Waals surface area contributed by atoms with Crippen molar-refractivity contribution in [3.05, 3.63) is 39.8 Å². The normalized spacial score (nSPS) is 15.3. The summed E-state index contributed by atoms with van der Waals surface area (Å²) in [5.41, 5.74) is 8.34. The van der Waals surface area contributed by atoms with E-state index in [1.165, 1.54) is 0 Å². The molecule has 100 valence electrons. The molecule has 0 bridgehead atoms. The van der Waals surface area contributed by atoms with Crippen LogP contribution in [0.15, 0.2) is 23.6 Å². The van der Waals surface area contributed by atoms with Crippen LogP contribution in [0.3, 0.4) is 0 Å². The van der Waals surface area contributed by atoms with E-state index in [2.05, 4.69) is 4.98 Å². The molecule has 5 heteroatoms. The Balaban J connectivity index is 1.77. The molecule has 19 heavy (non-hydrogen) atoms. The summed E-state index contributed by atoms with van der Waals surface area (Å²) in [7, 11) is 0. The van der Waals surface area contributed by atoms with Crippen molar-refractivity contribution in [2.45, 2.75) is 19.4 Å². The molecular formula is C14H16N2O2S. The van der Waals surface area contributed by atoms with Crippen molar-refractivity contribution in [2.75, 3.05) is 13.2 Å². The number of aromatic nitrogens is 1. The molecule has 0 fully saturated rings. The second-order valence-corrected chi connectivity index (χ2v) is 5.54. The molecule has 1 atom stereocenters. The minimum Gasteiger partial charge on any atom is -0.486 e. The molecule has 0 aliphatic carbocycles. The molecule has 2 aromatic rings. The van der Waals surface area contributed by atoms with Crippen molar-refractivity contribution in [1.82, 2.24) is 4.98 Å². The Kier molecular flexibility index (Phi) is 3.40. The van der Waals surface area contributed by atoms with Crippen LogP contribution in [0, 0.1) is 6.92 Å². The number of hydrogen-bond acceptors (Lipinski definition) is 5. The number of ether oxygens (including phenoxy) is 2. The van der Waals surface area contributed by atoms with E-state index in [0.717, 1.165) is 34.2 Å². The lowest BCUT2D eigenvalue weighted by Gasteiger charge is -2.20. The quantitative estimate of drug-likeness (QED) is 0.935. The molecule has 0 saturated heterocycles. The number of rotatable bonds is 3. The lowest BCUT2D eigenvalue weighted by Crippen LogP contribution is -2.17. The van der Waals surface area contributed by atoms with Gasteiger partial charge in [-0.05, 0) is 24.6 Å². The summed E-state index contributed by atoms with van der Waals surface area (Å²) in [5, 5.41) is 3.12. The molecule has 0 saturated carbocycles. The molecule has 1 aromatic heterocycles. The topological polar surface area (TPSA) is 57.4 Å². The van der Waals surface area contributed by atoms with Crippen LogP contribution < -0.4 is 15.2 Å². The van der Waals surface area contributed by atoms with E-state index in [4.69, 9.17) is 15.2 Å². The van der Waals surface area contributed by atoms with E-state index in [9.17, 15) is 0 Å². The van der Waals surface area contributed by atoms with Gasteiger partial charge in [-0.3, -0.25) is 0 Å². The number of aryl methyl sites for hydroxylation is 1. The molecule has 0 radical (unpaired) electrons. The van der Waals surface area contributed by atoms with Gasteiger partial charge < -0.3 is 15.2 Å². The van der Waals surface area contributed by atoms with Crippen LogP contribution in [-0.4, -0.2) is 18.2 Å². The van der Waals surface area contributed by atoms with Gasteiger partial charge in [0.05, 0.1) is 5.01 Å². The zero-order valence-corrected chi connectivity index (χ0v) is 11.6. The van der Waals surface area contributed by atoms with E-state index < -0.39 is 0 Å². The van der Waals surface area contributed by atoms with Gasteiger partial charge in [-0.1, -0.05) is 6.07 Å². The zero-order valence-electron chi connectivity index (χ0n) is 10.8. The van der Waals surface area contributed by atoms with Crippen molar-refractivity contribution in [3.8, 4) is 11.5 Å². The standard InChI is InChI=1S/C14H16N2O2S/c1-9-8-19-14(16-9)7-11(15)10-2-3-12-13(6-10)18-5-4-17-12/h2-3,6,8,11H,4-5,7,15H2,1H3. The van der Waals surface area contributed by atoms with Gasteiger partial charge in [0.25, 0.3) is 0 Å². The lowest BCUT2D eigenvalue weighted by molar-refractivity contribution is 0.171. The monoisotopic (exact) mass is 276 g/mol. The third-order valence-corrected chi connectivity index (χ3v) is 4.04. The van der Waals surface area contributed by atoms with E-state index in [1.807, 2.05) is 30.5 Å². The summed E-state index contributed by atoms with van der Waals surface area (Å²) in [6.45, 7) is 3.20. The fourth-order valence-electron chi connectivity index (χ4n) is 2.09. The summed E-state index contributed by atoms with van der Waals surface area (Å²) < 4.78 is 11.1. The highest BCUT2D eigenvalue weighted by atomic mass is 32.1. The largest absolute Gasteiger partial charge is 0.486 e. The summed E-state index contributed by atoms with van der Waals surface area (Å²) >= 11 is 1.65. The average molecular weight is 276 g/mol. The first-order valence-electron chi connectivity index (χ1n) is 6.28.